The van der Waals surface area contributed by atoms with Crippen LogP contribution in [0.25, 0.3) is 0 Å². The van der Waals surface area contributed by atoms with E-state index < -0.39 is 33.1 Å². The number of hydrogen-bond acceptors (Lipinski definition) is 9. The molecular weight excluding hydrogens is 687 g/mol. The SMILES string of the molecule is CN(C)c1ccc(CNNC(=O)[C@@]2(CCS(=O)(=O)c3ccccc3)N=C(c3ccc(OCCCO)cc3)O[C@H]2c2ccc(Cl)cc2Cl)cc1. The Morgan fingerprint density at radius 1 is 1.00 bits per heavy atom. The number of benzene rings is 4. The summed E-state index contributed by atoms with van der Waals surface area (Å²) < 4.78 is 39.3. The lowest BCUT2D eigenvalue weighted by molar-refractivity contribution is -0.130. The Labute approximate surface area is 296 Å². The molecule has 1 aliphatic heterocycles. The topological polar surface area (TPSA) is 130 Å². The minimum atomic E-state index is -3.83. The van der Waals surface area contributed by atoms with Crippen molar-refractivity contribution < 1.29 is 27.8 Å². The number of sulfone groups is 1. The van der Waals surface area contributed by atoms with E-state index in [9.17, 15) is 13.2 Å². The van der Waals surface area contributed by atoms with Crippen LogP contribution in [0.1, 0.15) is 35.6 Å². The van der Waals surface area contributed by atoms with E-state index in [2.05, 4.69) is 10.9 Å². The van der Waals surface area contributed by atoms with Gasteiger partial charge in [-0.05, 0) is 66.2 Å². The molecule has 4 aromatic carbocycles. The van der Waals surface area contributed by atoms with Gasteiger partial charge in [-0.1, -0.05) is 59.6 Å². The van der Waals surface area contributed by atoms with E-state index in [1.165, 1.54) is 18.2 Å². The van der Waals surface area contributed by atoms with Crippen LogP contribution < -0.4 is 20.5 Å². The molecule has 2 atom stereocenters. The number of aliphatic hydroxyl groups excluding tert-OH is 1. The van der Waals surface area contributed by atoms with Crippen LogP contribution in [0.4, 0.5) is 5.69 Å². The molecule has 1 aliphatic rings. The van der Waals surface area contributed by atoms with Gasteiger partial charge in [-0.25, -0.2) is 18.8 Å². The van der Waals surface area contributed by atoms with Gasteiger partial charge in [0.25, 0.3) is 5.91 Å². The van der Waals surface area contributed by atoms with E-state index in [1.807, 2.05) is 43.3 Å². The van der Waals surface area contributed by atoms with Crippen molar-refractivity contribution in [2.24, 2.45) is 4.99 Å². The van der Waals surface area contributed by atoms with Crippen molar-refractivity contribution in [2.45, 2.75) is 35.9 Å². The molecule has 1 heterocycles. The van der Waals surface area contributed by atoms with Crippen molar-refractivity contribution in [3.8, 4) is 5.75 Å². The Hall–Kier alpha value is -4.13. The molecule has 0 unspecified atom stereocenters. The van der Waals surface area contributed by atoms with Crippen LogP contribution in [0.2, 0.25) is 10.0 Å². The molecule has 4 aromatic rings. The molecule has 0 aliphatic carbocycles. The highest BCUT2D eigenvalue weighted by molar-refractivity contribution is 7.91. The number of amides is 1. The van der Waals surface area contributed by atoms with Crippen molar-refractivity contribution in [1.29, 1.82) is 0 Å². The molecule has 13 heteroatoms. The summed E-state index contributed by atoms with van der Waals surface area (Å²) in [6.45, 7) is 0.648. The molecule has 0 radical (unpaired) electrons. The van der Waals surface area contributed by atoms with Gasteiger partial charge in [-0.2, -0.15) is 0 Å². The lowest BCUT2D eigenvalue weighted by Crippen LogP contribution is -2.53. The number of carbonyl (C=O) groups is 1. The third-order valence-corrected chi connectivity index (χ3v) is 10.4. The fourth-order valence-corrected chi connectivity index (χ4v) is 7.24. The molecule has 5 rings (SSSR count). The van der Waals surface area contributed by atoms with Crippen molar-refractivity contribution >= 4 is 50.5 Å². The van der Waals surface area contributed by atoms with E-state index in [1.54, 1.807) is 54.6 Å². The highest BCUT2D eigenvalue weighted by atomic mass is 35.5. The van der Waals surface area contributed by atoms with Crippen molar-refractivity contribution in [1.82, 2.24) is 10.9 Å². The van der Waals surface area contributed by atoms with Gasteiger partial charge < -0.3 is 19.5 Å². The molecule has 3 N–H and O–H groups in total. The standard InChI is InChI=1S/C36H38Cl2N4O6S/c1-42(2)28-14-9-25(10-15-28)24-39-41-35(44)36(19-22-49(45,46)30-7-4-3-5-8-30)33(31-18-13-27(37)23-32(31)38)48-34(40-36)26-11-16-29(17-12-26)47-21-6-20-43/h3-5,7-18,23,33,39,43H,6,19-22,24H2,1-2H3,(H,41,44)/t33-,36-/m0/s1. The van der Waals surface area contributed by atoms with E-state index in [-0.39, 0.29) is 28.8 Å². The molecule has 0 saturated carbocycles. The van der Waals surface area contributed by atoms with Crippen LogP contribution in [0, 0.1) is 0 Å². The maximum absolute atomic E-state index is 14.4. The number of ether oxygens (including phenoxy) is 2. The number of anilines is 1. The zero-order chi connectivity index (χ0) is 35.0. The number of aliphatic imine (C=N–C) groups is 1. The maximum Gasteiger partial charge on any atom is 0.266 e. The van der Waals surface area contributed by atoms with Crippen LogP contribution in [-0.4, -0.2) is 63.9 Å². The van der Waals surface area contributed by atoms with E-state index in [4.69, 9.17) is 42.8 Å². The second kappa shape index (κ2) is 16.1. The Morgan fingerprint density at radius 2 is 1.71 bits per heavy atom. The summed E-state index contributed by atoms with van der Waals surface area (Å²) in [6, 6.07) is 27.6. The Morgan fingerprint density at radius 3 is 2.37 bits per heavy atom. The van der Waals surface area contributed by atoms with Crippen LogP contribution in [0.15, 0.2) is 107 Å². The number of nitrogens with zero attached hydrogens (tertiary/aromatic N) is 2. The predicted molar refractivity (Wildman–Crippen MR) is 192 cm³/mol. The number of nitrogens with one attached hydrogen (secondary N) is 2. The third kappa shape index (κ3) is 8.73. The average molecular weight is 726 g/mol. The van der Waals surface area contributed by atoms with E-state index in [0.717, 1.165) is 11.3 Å². The molecule has 0 spiro atoms. The molecule has 0 saturated heterocycles. The average Bonchev–Trinajstić information content (AvgIpc) is 3.49. The minimum absolute atomic E-state index is 0.0130. The van der Waals surface area contributed by atoms with Crippen LogP contribution in [0.3, 0.4) is 0 Å². The van der Waals surface area contributed by atoms with E-state index >= 15 is 0 Å². The first-order valence-corrected chi connectivity index (χ1v) is 18.1. The van der Waals surface area contributed by atoms with Gasteiger partial charge in [0.05, 0.1) is 17.3 Å². The molecule has 1 amide bonds. The lowest BCUT2D eigenvalue weighted by atomic mass is 9.85. The summed E-state index contributed by atoms with van der Waals surface area (Å²) in [5.41, 5.74) is 6.90. The van der Waals surface area contributed by atoms with E-state index in [0.29, 0.717) is 41.5 Å². The molecule has 0 fully saturated rings. The fraction of sp³-hybridized carbons (Fsp3) is 0.278. The normalized spacial score (nSPS) is 17.2. The van der Waals surface area contributed by atoms with Gasteiger partial charge in [0, 0.05) is 66.9 Å². The van der Waals surface area contributed by atoms with Gasteiger partial charge in [0.2, 0.25) is 5.90 Å². The first-order chi connectivity index (χ1) is 23.5. The van der Waals surface area contributed by atoms with Crippen molar-refractivity contribution in [3.63, 3.8) is 0 Å². The monoisotopic (exact) mass is 724 g/mol. The molecule has 0 bridgehead atoms. The second-order valence-corrected chi connectivity index (χ2v) is 14.7. The molecular formula is C36H38Cl2N4O6S. The Kier molecular flexibility index (Phi) is 11.8. The molecule has 0 aromatic heterocycles. The van der Waals surface area contributed by atoms with Gasteiger partial charge >= 0.3 is 0 Å². The Bertz CT molecular complexity index is 1870. The zero-order valence-electron chi connectivity index (χ0n) is 27.1. The van der Waals surface area contributed by atoms with Crippen molar-refractivity contribution in [2.75, 3.05) is 38.0 Å². The zero-order valence-corrected chi connectivity index (χ0v) is 29.4. The van der Waals surface area contributed by atoms with Crippen LogP contribution in [-0.2, 0) is 25.9 Å². The van der Waals surface area contributed by atoms with Crippen LogP contribution in [0.5, 0.6) is 5.75 Å². The van der Waals surface area contributed by atoms with Gasteiger partial charge in [-0.15, -0.1) is 0 Å². The quantitative estimate of drug-likeness (QED) is 0.104. The van der Waals surface area contributed by atoms with Crippen molar-refractivity contribution in [3.05, 3.63) is 124 Å². The second-order valence-electron chi connectivity index (χ2n) is 11.7. The van der Waals surface area contributed by atoms with Gasteiger partial charge in [0.15, 0.2) is 21.5 Å². The molecule has 258 valence electrons. The highest BCUT2D eigenvalue weighted by Crippen LogP contribution is 2.45. The number of aliphatic hydroxyl groups is 1. The summed E-state index contributed by atoms with van der Waals surface area (Å²) in [4.78, 5) is 21.4. The number of hydrazine groups is 1. The van der Waals surface area contributed by atoms with Crippen LogP contribution >= 0.6 is 23.2 Å². The summed E-state index contributed by atoms with van der Waals surface area (Å²) >= 11 is 12.9. The number of hydrogen-bond donors (Lipinski definition) is 3. The minimum Gasteiger partial charge on any atom is -0.494 e. The summed E-state index contributed by atoms with van der Waals surface area (Å²) in [6.07, 6.45) is -0.856. The largest absolute Gasteiger partial charge is 0.494 e. The maximum atomic E-state index is 14.4. The van der Waals surface area contributed by atoms with Gasteiger partial charge in [-0.3, -0.25) is 10.2 Å². The number of carbonyl (C=O) groups excluding carboxylic acids is 1. The fourth-order valence-electron chi connectivity index (χ4n) is 5.34. The number of halogens is 2. The third-order valence-electron chi connectivity index (χ3n) is 8.08. The van der Waals surface area contributed by atoms with Gasteiger partial charge in [0.1, 0.15) is 5.75 Å². The molecule has 49 heavy (non-hydrogen) atoms. The Balaban J connectivity index is 1.51. The first kappa shape index (κ1) is 36.2. The highest BCUT2D eigenvalue weighted by Gasteiger charge is 2.54. The number of rotatable bonds is 15. The first-order valence-electron chi connectivity index (χ1n) is 15.7. The summed E-state index contributed by atoms with van der Waals surface area (Å²) in [5, 5.41) is 9.69. The predicted octanol–water partition coefficient (Wildman–Crippen LogP) is 5.76. The smallest absolute Gasteiger partial charge is 0.266 e. The summed E-state index contributed by atoms with van der Waals surface area (Å²) in [7, 11) is 0.0720. The lowest BCUT2D eigenvalue weighted by Gasteiger charge is -2.31. The summed E-state index contributed by atoms with van der Waals surface area (Å²) in [5.74, 6) is -0.301. The molecule has 10 nitrogen and oxygen atoms in total.